The lowest BCUT2D eigenvalue weighted by Crippen LogP contribution is -2.45. The molecule has 0 saturated carbocycles. The van der Waals surface area contributed by atoms with Crippen molar-refractivity contribution >= 4 is 40.6 Å². The Balaban J connectivity index is 1.94. The zero-order chi connectivity index (χ0) is 22.2. The average molecular weight is 450 g/mol. The molecule has 156 valence electrons. The quantitative estimate of drug-likeness (QED) is 0.421. The summed E-state index contributed by atoms with van der Waals surface area (Å²) in [6, 6.07) is 23.8. The zero-order valence-electron chi connectivity index (χ0n) is 17.2. The van der Waals surface area contributed by atoms with Gasteiger partial charge in [-0.25, -0.2) is 4.79 Å². The van der Waals surface area contributed by atoms with Gasteiger partial charge in [0.2, 0.25) is 0 Å². The summed E-state index contributed by atoms with van der Waals surface area (Å²) in [5.74, 6) is 0. The third-order valence-corrected chi connectivity index (χ3v) is 6.50. The first-order chi connectivity index (χ1) is 14.9. The number of nitrogens with zero attached hydrogens (tertiary/aromatic N) is 3. The molecule has 0 bridgehead atoms. The van der Waals surface area contributed by atoms with Crippen LogP contribution in [0.25, 0.3) is 0 Å². The summed E-state index contributed by atoms with van der Waals surface area (Å²) in [6.07, 6.45) is 0.701. The van der Waals surface area contributed by atoms with Crippen LogP contribution in [0.2, 0.25) is 10.0 Å². The lowest BCUT2D eigenvalue weighted by atomic mass is 9.83. The van der Waals surface area contributed by atoms with Gasteiger partial charge in [0.15, 0.2) is 0 Å². The number of nitriles is 1. The molecule has 0 spiro atoms. The van der Waals surface area contributed by atoms with Crippen molar-refractivity contribution in [3.8, 4) is 6.07 Å². The predicted octanol–water partition coefficient (Wildman–Crippen LogP) is 7.22. The minimum Gasteiger partial charge on any atom is -0.286 e. The summed E-state index contributed by atoms with van der Waals surface area (Å²) < 4.78 is 0. The van der Waals surface area contributed by atoms with Crippen molar-refractivity contribution in [2.75, 3.05) is 9.80 Å². The fourth-order valence-electron chi connectivity index (χ4n) is 4.33. The molecular formula is C25H21Cl2N3O. The van der Waals surface area contributed by atoms with Gasteiger partial charge < -0.3 is 0 Å². The van der Waals surface area contributed by atoms with Crippen molar-refractivity contribution in [2.45, 2.75) is 31.8 Å². The molecule has 0 unspecified atom stereocenters. The first-order valence-corrected chi connectivity index (χ1v) is 10.8. The van der Waals surface area contributed by atoms with Crippen LogP contribution in [0.5, 0.6) is 0 Å². The van der Waals surface area contributed by atoms with E-state index in [0.29, 0.717) is 22.0 Å². The van der Waals surface area contributed by atoms with E-state index in [9.17, 15) is 10.1 Å². The van der Waals surface area contributed by atoms with Gasteiger partial charge in [-0.2, -0.15) is 5.26 Å². The number of amides is 2. The molecule has 0 N–H and O–H groups in total. The number of carbonyl (C=O) groups excluding carboxylic acids is 1. The molecule has 0 aromatic heterocycles. The Morgan fingerprint density at radius 3 is 2.10 bits per heavy atom. The molecule has 1 fully saturated rings. The van der Waals surface area contributed by atoms with Gasteiger partial charge in [-0.05, 0) is 79.6 Å². The van der Waals surface area contributed by atoms with Gasteiger partial charge in [0.25, 0.3) is 0 Å². The maximum Gasteiger partial charge on any atom is 0.330 e. The number of rotatable bonds is 4. The predicted molar refractivity (Wildman–Crippen MR) is 126 cm³/mol. The Labute approximate surface area is 192 Å². The number of urea groups is 1. The summed E-state index contributed by atoms with van der Waals surface area (Å²) in [6.45, 7) is 4.15. The van der Waals surface area contributed by atoms with Crippen molar-refractivity contribution in [2.24, 2.45) is 0 Å². The van der Waals surface area contributed by atoms with Crippen LogP contribution in [-0.2, 0) is 0 Å². The molecule has 31 heavy (non-hydrogen) atoms. The van der Waals surface area contributed by atoms with Crippen LogP contribution in [0.3, 0.4) is 0 Å². The van der Waals surface area contributed by atoms with Crippen molar-refractivity contribution in [3.05, 3.63) is 94.0 Å². The standard InChI is InChI=1S/C25H21Cl2N3O/c1-3-25(2)23(18-6-4-5-17(15-18)16-28)29(21-11-7-19(26)8-12-21)24(31)30(25)22-13-9-20(27)10-14-22/h4-15,23H,3H2,1-2H3/t23-,25+/m0/s1. The van der Waals surface area contributed by atoms with Crippen LogP contribution >= 0.6 is 23.2 Å². The summed E-state index contributed by atoms with van der Waals surface area (Å²) >= 11 is 12.2. The van der Waals surface area contributed by atoms with Gasteiger partial charge in [0, 0.05) is 21.4 Å². The maximum absolute atomic E-state index is 13.9. The SMILES string of the molecule is CC[C@]1(C)[C@H](c2cccc(C#N)c2)N(c2ccc(Cl)cc2)C(=O)N1c1ccc(Cl)cc1. The Bertz CT molecular complexity index is 1150. The number of benzene rings is 3. The Hall–Kier alpha value is -3.00. The van der Waals surface area contributed by atoms with Crippen molar-refractivity contribution in [3.63, 3.8) is 0 Å². The van der Waals surface area contributed by atoms with Crippen LogP contribution in [0.4, 0.5) is 16.2 Å². The van der Waals surface area contributed by atoms with E-state index < -0.39 is 5.54 Å². The molecule has 0 radical (unpaired) electrons. The molecule has 2 atom stereocenters. The largest absolute Gasteiger partial charge is 0.330 e. The fourth-order valence-corrected chi connectivity index (χ4v) is 4.58. The van der Waals surface area contributed by atoms with Gasteiger partial charge in [0.1, 0.15) is 0 Å². The number of anilines is 2. The van der Waals surface area contributed by atoms with E-state index in [1.807, 2.05) is 47.4 Å². The lowest BCUT2D eigenvalue weighted by molar-refractivity contribution is 0.254. The molecule has 4 nitrogen and oxygen atoms in total. The monoisotopic (exact) mass is 449 g/mol. The van der Waals surface area contributed by atoms with E-state index in [0.717, 1.165) is 16.9 Å². The van der Waals surface area contributed by atoms with E-state index in [4.69, 9.17) is 23.2 Å². The highest BCUT2D eigenvalue weighted by molar-refractivity contribution is 6.31. The summed E-state index contributed by atoms with van der Waals surface area (Å²) in [4.78, 5) is 17.5. The summed E-state index contributed by atoms with van der Waals surface area (Å²) in [7, 11) is 0. The molecule has 2 amide bonds. The molecule has 0 aliphatic carbocycles. The van der Waals surface area contributed by atoms with Crippen LogP contribution in [0, 0.1) is 11.3 Å². The molecule has 1 heterocycles. The number of carbonyl (C=O) groups is 1. The maximum atomic E-state index is 13.9. The van der Waals surface area contributed by atoms with Gasteiger partial charge in [-0.15, -0.1) is 0 Å². The third-order valence-electron chi connectivity index (χ3n) is 5.99. The fraction of sp³-hybridized carbons (Fsp3) is 0.200. The highest BCUT2D eigenvalue weighted by atomic mass is 35.5. The third kappa shape index (κ3) is 3.65. The molecular weight excluding hydrogens is 429 g/mol. The van der Waals surface area contributed by atoms with Crippen LogP contribution in [0.15, 0.2) is 72.8 Å². The van der Waals surface area contributed by atoms with E-state index in [1.165, 1.54) is 0 Å². The highest BCUT2D eigenvalue weighted by Crippen LogP contribution is 2.49. The number of hydrogen-bond acceptors (Lipinski definition) is 2. The molecule has 4 rings (SSSR count). The van der Waals surface area contributed by atoms with Crippen LogP contribution in [0.1, 0.15) is 37.4 Å². The minimum absolute atomic E-state index is 0.138. The van der Waals surface area contributed by atoms with E-state index in [2.05, 4.69) is 19.9 Å². The topological polar surface area (TPSA) is 47.3 Å². The van der Waals surface area contributed by atoms with Crippen molar-refractivity contribution in [1.29, 1.82) is 5.26 Å². The number of hydrogen-bond donors (Lipinski definition) is 0. The smallest absolute Gasteiger partial charge is 0.286 e. The van der Waals surface area contributed by atoms with Crippen LogP contribution < -0.4 is 9.80 Å². The minimum atomic E-state index is -0.571. The Morgan fingerprint density at radius 1 is 0.968 bits per heavy atom. The van der Waals surface area contributed by atoms with Crippen molar-refractivity contribution < 1.29 is 4.79 Å². The van der Waals surface area contributed by atoms with Gasteiger partial charge in [-0.1, -0.05) is 42.3 Å². The summed E-state index contributed by atoms with van der Waals surface area (Å²) in [5.41, 5.74) is 2.42. The second kappa shape index (κ2) is 8.26. The number of halogens is 2. The first kappa shape index (κ1) is 21.2. The normalized spacial score (nSPS) is 20.7. The average Bonchev–Trinajstić information content (AvgIpc) is 3.02. The van der Waals surface area contributed by atoms with Gasteiger partial charge in [-0.3, -0.25) is 9.80 Å². The second-order valence-corrected chi connectivity index (χ2v) is 8.66. The van der Waals surface area contributed by atoms with Crippen LogP contribution in [-0.4, -0.2) is 11.6 Å². The molecule has 1 aliphatic heterocycles. The molecule has 1 aliphatic rings. The lowest BCUT2D eigenvalue weighted by Gasteiger charge is -2.38. The first-order valence-electron chi connectivity index (χ1n) is 10.0. The summed E-state index contributed by atoms with van der Waals surface area (Å²) in [5, 5.41) is 10.7. The van der Waals surface area contributed by atoms with E-state index >= 15 is 0 Å². The molecule has 1 saturated heterocycles. The second-order valence-electron chi connectivity index (χ2n) is 7.79. The van der Waals surface area contributed by atoms with Gasteiger partial charge >= 0.3 is 6.03 Å². The molecule has 3 aromatic rings. The highest BCUT2D eigenvalue weighted by Gasteiger charge is 2.55. The van der Waals surface area contributed by atoms with E-state index in [1.54, 1.807) is 35.2 Å². The van der Waals surface area contributed by atoms with Crippen molar-refractivity contribution in [1.82, 2.24) is 0 Å². The van der Waals surface area contributed by atoms with Gasteiger partial charge in [0.05, 0.1) is 23.2 Å². The molecule has 3 aromatic carbocycles. The Kier molecular flexibility index (Phi) is 5.66. The Morgan fingerprint density at radius 2 is 1.55 bits per heavy atom. The zero-order valence-corrected chi connectivity index (χ0v) is 18.7. The molecule has 6 heteroatoms. The van der Waals surface area contributed by atoms with E-state index in [-0.39, 0.29) is 12.1 Å².